The van der Waals surface area contributed by atoms with Gasteiger partial charge in [-0.2, -0.15) is 0 Å². The van der Waals surface area contributed by atoms with E-state index < -0.39 is 5.92 Å². The maximum absolute atomic E-state index is 13.2. The molecule has 1 rings (SSSR count). The zero-order chi connectivity index (χ0) is 13.9. The van der Waals surface area contributed by atoms with E-state index in [1.54, 1.807) is 12.1 Å². The van der Waals surface area contributed by atoms with Gasteiger partial charge in [0.05, 0.1) is 0 Å². The molecular weight excluding hydrogens is 218 g/mol. The molecule has 0 saturated carbocycles. The van der Waals surface area contributed by atoms with Gasteiger partial charge in [0.15, 0.2) is 0 Å². The first kappa shape index (κ1) is 16.1. The molecule has 2 heteroatoms. The monoisotopic (exact) mass is 242 g/mol. The molecule has 0 amide bonds. The van der Waals surface area contributed by atoms with Crippen LogP contribution >= 0.6 is 0 Å². The standard InChI is InChI=1S/C13H18F2.C2H6/c1-9-6-10(12(2,3)4)8-11(7-9)13(5,14)15;1-2/h6-8H,1-5H3;1-2H3. The van der Waals surface area contributed by atoms with Gasteiger partial charge in [-0.05, 0) is 24.0 Å². The van der Waals surface area contributed by atoms with Crippen LogP contribution in [-0.2, 0) is 11.3 Å². The largest absolute Gasteiger partial charge is 0.270 e. The number of hydrogen-bond acceptors (Lipinski definition) is 0. The first-order chi connectivity index (χ1) is 7.60. The molecular formula is C15H24F2. The molecule has 0 heterocycles. The van der Waals surface area contributed by atoms with Gasteiger partial charge in [-0.3, -0.25) is 0 Å². The minimum Gasteiger partial charge on any atom is -0.202 e. The van der Waals surface area contributed by atoms with Crippen LogP contribution in [0.25, 0.3) is 0 Å². The van der Waals surface area contributed by atoms with Gasteiger partial charge in [-0.15, -0.1) is 0 Å². The zero-order valence-electron chi connectivity index (χ0n) is 12.0. The first-order valence-electron chi connectivity index (χ1n) is 6.11. The van der Waals surface area contributed by atoms with Crippen LogP contribution in [0.2, 0.25) is 0 Å². The second-order valence-electron chi connectivity index (χ2n) is 5.23. The van der Waals surface area contributed by atoms with Gasteiger partial charge >= 0.3 is 0 Å². The summed E-state index contributed by atoms with van der Waals surface area (Å²) in [6.45, 7) is 12.9. The van der Waals surface area contributed by atoms with E-state index in [1.165, 1.54) is 0 Å². The van der Waals surface area contributed by atoms with E-state index in [0.29, 0.717) is 0 Å². The summed E-state index contributed by atoms with van der Waals surface area (Å²) < 4.78 is 26.4. The van der Waals surface area contributed by atoms with Crippen LogP contribution in [0.4, 0.5) is 8.78 Å². The number of aryl methyl sites for hydroxylation is 1. The number of halogens is 2. The average Bonchev–Trinajstić information content (AvgIpc) is 2.17. The SMILES string of the molecule is CC.Cc1cc(C(C)(C)C)cc(C(C)(F)F)c1. The summed E-state index contributed by atoms with van der Waals surface area (Å²) in [5, 5.41) is 0. The molecule has 0 bridgehead atoms. The molecule has 0 aliphatic rings. The summed E-state index contributed by atoms with van der Waals surface area (Å²) in [6.07, 6.45) is 0. The summed E-state index contributed by atoms with van der Waals surface area (Å²) in [4.78, 5) is 0. The van der Waals surface area contributed by atoms with E-state index in [1.807, 2.05) is 47.6 Å². The van der Waals surface area contributed by atoms with Gasteiger partial charge in [0.2, 0.25) is 0 Å². The molecule has 1 aromatic rings. The molecule has 0 radical (unpaired) electrons. The second-order valence-corrected chi connectivity index (χ2v) is 5.23. The first-order valence-corrected chi connectivity index (χ1v) is 6.11. The Morgan fingerprint density at radius 2 is 1.24 bits per heavy atom. The maximum atomic E-state index is 13.2. The smallest absolute Gasteiger partial charge is 0.202 e. The van der Waals surface area contributed by atoms with Gasteiger partial charge < -0.3 is 0 Å². The van der Waals surface area contributed by atoms with Crippen molar-refractivity contribution >= 4 is 0 Å². The van der Waals surface area contributed by atoms with Crippen LogP contribution in [0.15, 0.2) is 18.2 Å². The third-order valence-corrected chi connectivity index (χ3v) is 2.45. The summed E-state index contributed by atoms with van der Waals surface area (Å²) >= 11 is 0. The Kier molecular flexibility index (Phi) is 5.31. The molecule has 0 unspecified atom stereocenters. The lowest BCUT2D eigenvalue weighted by Crippen LogP contribution is -2.15. The van der Waals surface area contributed by atoms with Crippen molar-refractivity contribution in [3.8, 4) is 0 Å². The summed E-state index contributed by atoms with van der Waals surface area (Å²) in [6, 6.07) is 5.12. The summed E-state index contributed by atoms with van der Waals surface area (Å²) in [5.74, 6) is -2.76. The normalized spacial score (nSPS) is 11.8. The van der Waals surface area contributed by atoms with Crippen LogP contribution in [0.5, 0.6) is 0 Å². The van der Waals surface area contributed by atoms with Gasteiger partial charge in [0.1, 0.15) is 0 Å². The fourth-order valence-corrected chi connectivity index (χ4v) is 1.47. The van der Waals surface area contributed by atoms with Crippen molar-refractivity contribution in [3.05, 3.63) is 34.9 Å². The lowest BCUT2D eigenvalue weighted by molar-refractivity contribution is 0.0173. The molecule has 0 nitrogen and oxygen atoms in total. The van der Waals surface area contributed by atoms with Gasteiger partial charge in [0, 0.05) is 12.5 Å². The van der Waals surface area contributed by atoms with Gasteiger partial charge in [-0.25, -0.2) is 8.78 Å². The van der Waals surface area contributed by atoms with E-state index >= 15 is 0 Å². The number of alkyl halides is 2. The van der Waals surface area contributed by atoms with Crippen molar-refractivity contribution in [2.24, 2.45) is 0 Å². The zero-order valence-corrected chi connectivity index (χ0v) is 12.0. The maximum Gasteiger partial charge on any atom is 0.270 e. The van der Waals surface area contributed by atoms with Crippen LogP contribution in [-0.4, -0.2) is 0 Å². The van der Waals surface area contributed by atoms with Gasteiger partial charge in [-0.1, -0.05) is 52.3 Å². The fourth-order valence-electron chi connectivity index (χ4n) is 1.47. The Morgan fingerprint density at radius 3 is 1.59 bits per heavy atom. The Bertz CT molecular complexity index is 322. The highest BCUT2D eigenvalue weighted by atomic mass is 19.3. The summed E-state index contributed by atoms with van der Waals surface area (Å²) in [7, 11) is 0. The highest BCUT2D eigenvalue weighted by Crippen LogP contribution is 2.32. The molecule has 0 fully saturated rings. The predicted octanol–water partition coefficient (Wildman–Crippen LogP) is 5.43. The molecule has 0 saturated heterocycles. The molecule has 0 spiro atoms. The molecule has 17 heavy (non-hydrogen) atoms. The van der Waals surface area contributed by atoms with Crippen molar-refractivity contribution in [1.82, 2.24) is 0 Å². The lowest BCUT2D eigenvalue weighted by atomic mass is 9.84. The highest BCUT2D eigenvalue weighted by molar-refractivity contribution is 5.35. The van der Waals surface area contributed by atoms with Crippen molar-refractivity contribution in [3.63, 3.8) is 0 Å². The minimum atomic E-state index is -2.76. The van der Waals surface area contributed by atoms with Crippen LogP contribution in [0, 0.1) is 6.92 Å². The molecule has 98 valence electrons. The van der Waals surface area contributed by atoms with Gasteiger partial charge in [0.25, 0.3) is 5.92 Å². The van der Waals surface area contributed by atoms with E-state index in [0.717, 1.165) is 18.1 Å². The third kappa shape index (κ3) is 4.84. The number of hydrogen-bond donors (Lipinski definition) is 0. The second kappa shape index (κ2) is 5.61. The minimum absolute atomic E-state index is 0.0913. The highest BCUT2D eigenvalue weighted by Gasteiger charge is 2.26. The van der Waals surface area contributed by atoms with Crippen LogP contribution < -0.4 is 0 Å². The van der Waals surface area contributed by atoms with Crippen molar-refractivity contribution < 1.29 is 8.78 Å². The molecule has 0 aliphatic carbocycles. The molecule has 0 N–H and O–H groups in total. The van der Waals surface area contributed by atoms with Crippen molar-refractivity contribution in [1.29, 1.82) is 0 Å². The molecule has 0 aromatic heterocycles. The van der Waals surface area contributed by atoms with Crippen molar-refractivity contribution in [2.45, 2.75) is 59.8 Å². The molecule has 0 aliphatic heterocycles. The van der Waals surface area contributed by atoms with E-state index in [9.17, 15) is 8.78 Å². The Labute approximate surface area is 104 Å². The third-order valence-electron chi connectivity index (χ3n) is 2.45. The Morgan fingerprint density at radius 1 is 0.824 bits per heavy atom. The van der Waals surface area contributed by atoms with E-state index in [-0.39, 0.29) is 11.0 Å². The number of benzene rings is 1. The topological polar surface area (TPSA) is 0 Å². The molecule has 0 atom stereocenters. The number of rotatable bonds is 1. The average molecular weight is 242 g/mol. The Hall–Kier alpha value is -0.920. The molecule has 1 aromatic carbocycles. The lowest BCUT2D eigenvalue weighted by Gasteiger charge is -2.22. The van der Waals surface area contributed by atoms with E-state index in [4.69, 9.17) is 0 Å². The quantitative estimate of drug-likeness (QED) is 0.616. The van der Waals surface area contributed by atoms with Crippen LogP contribution in [0.1, 0.15) is 58.2 Å². The Balaban J connectivity index is 0.00000121. The van der Waals surface area contributed by atoms with Crippen LogP contribution in [0.3, 0.4) is 0 Å². The van der Waals surface area contributed by atoms with E-state index in [2.05, 4.69) is 0 Å². The van der Waals surface area contributed by atoms with Crippen molar-refractivity contribution in [2.75, 3.05) is 0 Å². The fraction of sp³-hybridized carbons (Fsp3) is 0.600. The summed E-state index contributed by atoms with van der Waals surface area (Å²) in [5.41, 5.74) is 1.86. The predicted molar refractivity (Wildman–Crippen MR) is 70.8 cm³/mol.